The number of hydrogen-bond acceptors (Lipinski definition) is 2. The Balaban J connectivity index is 1.60. The molecule has 1 N–H and O–H groups in total. The first-order chi connectivity index (χ1) is 12.9. The lowest BCUT2D eigenvalue weighted by Crippen LogP contribution is -2.44. The van der Waals surface area contributed by atoms with E-state index in [9.17, 15) is 0 Å². The summed E-state index contributed by atoms with van der Waals surface area (Å²) in [6.07, 6.45) is 2.44. The first-order valence-electron chi connectivity index (χ1n) is 10.5. The molecule has 2 aromatic carbocycles. The maximum atomic E-state index is 3.84. The van der Waals surface area contributed by atoms with Gasteiger partial charge in [-0.3, -0.25) is 4.90 Å². The standard InChI is InChI=1S/C25H36N2/c1-19(21-11-7-6-8-12-21)26-22-15-17-27(18-16-22)20(2)23-13-9-10-14-24(23)25(3,4)5/h6-14,19-20,22,26H,15-18H2,1-5H3. The lowest BCUT2D eigenvalue weighted by molar-refractivity contribution is 0.148. The third kappa shape index (κ3) is 5.00. The zero-order valence-corrected chi connectivity index (χ0v) is 17.7. The van der Waals surface area contributed by atoms with Crippen LogP contribution in [0.1, 0.15) is 76.2 Å². The number of benzene rings is 2. The highest BCUT2D eigenvalue weighted by atomic mass is 15.2. The molecule has 2 heteroatoms. The van der Waals surface area contributed by atoms with Crippen LogP contribution >= 0.6 is 0 Å². The molecule has 0 saturated carbocycles. The monoisotopic (exact) mass is 364 g/mol. The zero-order chi connectivity index (χ0) is 19.4. The molecule has 2 nitrogen and oxygen atoms in total. The molecule has 0 aliphatic carbocycles. The van der Waals surface area contributed by atoms with Crippen molar-refractivity contribution in [1.82, 2.24) is 10.2 Å². The highest BCUT2D eigenvalue weighted by Gasteiger charge is 2.27. The van der Waals surface area contributed by atoms with E-state index >= 15 is 0 Å². The smallest absolute Gasteiger partial charge is 0.0322 e. The molecule has 27 heavy (non-hydrogen) atoms. The second-order valence-electron chi connectivity index (χ2n) is 9.12. The normalized spacial score (nSPS) is 19.0. The summed E-state index contributed by atoms with van der Waals surface area (Å²) < 4.78 is 0. The number of likely N-dealkylation sites (tertiary alicyclic amines) is 1. The number of nitrogens with one attached hydrogen (secondary N) is 1. The molecule has 1 aliphatic heterocycles. The lowest BCUT2D eigenvalue weighted by atomic mass is 9.81. The molecule has 2 unspecified atom stereocenters. The van der Waals surface area contributed by atoms with Gasteiger partial charge in [0, 0.05) is 31.2 Å². The van der Waals surface area contributed by atoms with Crippen LogP contribution in [0, 0.1) is 0 Å². The van der Waals surface area contributed by atoms with E-state index in [0.717, 1.165) is 0 Å². The largest absolute Gasteiger partial charge is 0.307 e. The number of rotatable bonds is 5. The minimum absolute atomic E-state index is 0.190. The van der Waals surface area contributed by atoms with Gasteiger partial charge < -0.3 is 5.32 Å². The van der Waals surface area contributed by atoms with E-state index in [4.69, 9.17) is 0 Å². The Hall–Kier alpha value is -1.64. The summed E-state index contributed by atoms with van der Waals surface area (Å²) in [4.78, 5) is 2.66. The van der Waals surface area contributed by atoms with Gasteiger partial charge in [-0.25, -0.2) is 0 Å². The highest BCUT2D eigenvalue weighted by molar-refractivity contribution is 5.35. The van der Waals surface area contributed by atoms with Crippen LogP contribution in [0.3, 0.4) is 0 Å². The fraction of sp³-hybridized carbons (Fsp3) is 0.520. The molecule has 1 saturated heterocycles. The first-order valence-corrected chi connectivity index (χ1v) is 10.5. The van der Waals surface area contributed by atoms with E-state index in [0.29, 0.717) is 18.1 Å². The maximum absolute atomic E-state index is 3.84. The van der Waals surface area contributed by atoms with Crippen molar-refractivity contribution in [3.63, 3.8) is 0 Å². The van der Waals surface area contributed by atoms with Gasteiger partial charge in [-0.15, -0.1) is 0 Å². The molecule has 1 fully saturated rings. The lowest BCUT2D eigenvalue weighted by Gasteiger charge is -2.39. The topological polar surface area (TPSA) is 15.3 Å². The van der Waals surface area contributed by atoms with Gasteiger partial charge >= 0.3 is 0 Å². The van der Waals surface area contributed by atoms with E-state index in [-0.39, 0.29) is 5.41 Å². The van der Waals surface area contributed by atoms with Crippen molar-refractivity contribution in [2.24, 2.45) is 0 Å². The molecule has 0 radical (unpaired) electrons. The summed E-state index contributed by atoms with van der Waals surface area (Å²) in [5, 5.41) is 3.84. The molecule has 2 aromatic rings. The molecular weight excluding hydrogens is 328 g/mol. The second kappa shape index (κ2) is 8.58. The van der Waals surface area contributed by atoms with Crippen LogP contribution in [0.4, 0.5) is 0 Å². The predicted octanol–water partition coefficient (Wildman–Crippen LogP) is 5.86. The van der Waals surface area contributed by atoms with Crippen LogP contribution in [-0.2, 0) is 5.41 Å². The van der Waals surface area contributed by atoms with E-state index < -0.39 is 0 Å². The maximum Gasteiger partial charge on any atom is 0.0322 e. The van der Waals surface area contributed by atoms with Crippen LogP contribution in [0.15, 0.2) is 54.6 Å². The first kappa shape index (κ1) is 20.1. The Morgan fingerprint density at radius 1 is 0.889 bits per heavy atom. The molecule has 1 aliphatic rings. The molecule has 0 bridgehead atoms. The molecular formula is C25H36N2. The quantitative estimate of drug-likeness (QED) is 0.715. The fourth-order valence-electron chi connectivity index (χ4n) is 4.39. The fourth-order valence-corrected chi connectivity index (χ4v) is 4.39. The SMILES string of the molecule is CC(NC1CCN(C(C)c2ccccc2C(C)(C)C)CC1)c1ccccc1. The van der Waals surface area contributed by atoms with Crippen LogP contribution < -0.4 is 5.32 Å². The van der Waals surface area contributed by atoms with E-state index in [1.807, 2.05) is 0 Å². The van der Waals surface area contributed by atoms with Crippen molar-refractivity contribution in [2.75, 3.05) is 13.1 Å². The minimum Gasteiger partial charge on any atom is -0.307 e. The molecule has 0 amide bonds. The Morgan fingerprint density at radius 2 is 1.48 bits per heavy atom. The van der Waals surface area contributed by atoms with Gasteiger partial charge in [0.25, 0.3) is 0 Å². The van der Waals surface area contributed by atoms with Crippen molar-refractivity contribution >= 4 is 0 Å². The number of piperidine rings is 1. The van der Waals surface area contributed by atoms with Crippen LogP contribution in [0.5, 0.6) is 0 Å². The molecule has 3 rings (SSSR count). The summed E-state index contributed by atoms with van der Waals surface area (Å²) in [7, 11) is 0. The Kier molecular flexibility index (Phi) is 6.39. The number of hydrogen-bond donors (Lipinski definition) is 1. The van der Waals surface area contributed by atoms with Gasteiger partial charge in [-0.1, -0.05) is 75.4 Å². The van der Waals surface area contributed by atoms with E-state index in [1.165, 1.54) is 42.6 Å². The van der Waals surface area contributed by atoms with Gasteiger partial charge in [-0.05, 0) is 48.8 Å². The summed E-state index contributed by atoms with van der Waals surface area (Å²) in [6.45, 7) is 13.9. The van der Waals surface area contributed by atoms with Crippen LogP contribution in [0.2, 0.25) is 0 Å². The predicted molar refractivity (Wildman–Crippen MR) is 116 cm³/mol. The van der Waals surface area contributed by atoms with Crippen molar-refractivity contribution in [3.05, 3.63) is 71.3 Å². The molecule has 2 atom stereocenters. The van der Waals surface area contributed by atoms with E-state index in [2.05, 4.69) is 99.4 Å². The third-order valence-corrected chi connectivity index (χ3v) is 6.08. The van der Waals surface area contributed by atoms with Crippen LogP contribution in [0.25, 0.3) is 0 Å². The van der Waals surface area contributed by atoms with Gasteiger partial charge in [0.2, 0.25) is 0 Å². The Bertz CT molecular complexity index is 709. The highest BCUT2D eigenvalue weighted by Crippen LogP contribution is 2.33. The Morgan fingerprint density at radius 3 is 2.11 bits per heavy atom. The van der Waals surface area contributed by atoms with Crippen LogP contribution in [-0.4, -0.2) is 24.0 Å². The summed E-state index contributed by atoms with van der Waals surface area (Å²) >= 11 is 0. The second-order valence-corrected chi connectivity index (χ2v) is 9.12. The summed E-state index contributed by atoms with van der Waals surface area (Å²) in [5.74, 6) is 0. The third-order valence-electron chi connectivity index (χ3n) is 6.08. The zero-order valence-electron chi connectivity index (χ0n) is 17.7. The molecule has 0 aromatic heterocycles. The van der Waals surface area contributed by atoms with Gasteiger partial charge in [0.1, 0.15) is 0 Å². The Labute approximate surface area is 166 Å². The van der Waals surface area contributed by atoms with Gasteiger partial charge in [0.15, 0.2) is 0 Å². The van der Waals surface area contributed by atoms with Crippen molar-refractivity contribution in [3.8, 4) is 0 Å². The van der Waals surface area contributed by atoms with E-state index in [1.54, 1.807) is 0 Å². The van der Waals surface area contributed by atoms with Crippen molar-refractivity contribution in [2.45, 2.75) is 71.0 Å². The minimum atomic E-state index is 0.190. The molecule has 146 valence electrons. The molecule has 1 heterocycles. The average molecular weight is 365 g/mol. The van der Waals surface area contributed by atoms with Gasteiger partial charge in [-0.2, -0.15) is 0 Å². The summed E-state index contributed by atoms with van der Waals surface area (Å²) in [5.41, 5.74) is 4.55. The van der Waals surface area contributed by atoms with Crippen molar-refractivity contribution in [1.29, 1.82) is 0 Å². The number of nitrogens with zero attached hydrogens (tertiary/aromatic N) is 1. The van der Waals surface area contributed by atoms with Crippen molar-refractivity contribution < 1.29 is 0 Å². The van der Waals surface area contributed by atoms with Gasteiger partial charge in [0.05, 0.1) is 0 Å². The molecule has 0 spiro atoms. The average Bonchev–Trinajstić information content (AvgIpc) is 2.68. The summed E-state index contributed by atoms with van der Waals surface area (Å²) in [6, 6.07) is 21.3.